The number of carbonyl (C=O) groups excluding carboxylic acids is 1. The third-order valence-electron chi connectivity index (χ3n) is 3.48. The number of ether oxygens (including phenoxy) is 1. The molecule has 122 valence electrons. The molecule has 0 saturated heterocycles. The molecule has 23 heavy (non-hydrogen) atoms. The third-order valence-corrected chi connectivity index (χ3v) is 3.48. The van der Waals surface area contributed by atoms with Gasteiger partial charge in [-0.3, -0.25) is 4.99 Å². The predicted molar refractivity (Wildman–Crippen MR) is 96.0 cm³/mol. The molecule has 2 aromatic rings. The number of hydrogen-bond acceptors (Lipinski definition) is 3. The Hall–Kier alpha value is -2.16. The molecule has 3 nitrogen and oxygen atoms in total. The fourth-order valence-corrected chi connectivity index (χ4v) is 2.39. The van der Waals surface area contributed by atoms with Crippen LogP contribution in [0.2, 0.25) is 0 Å². The zero-order valence-corrected chi connectivity index (χ0v) is 14.5. The fourth-order valence-electron chi connectivity index (χ4n) is 2.39. The van der Waals surface area contributed by atoms with Crippen molar-refractivity contribution in [1.29, 1.82) is 0 Å². The maximum Gasteiger partial charge on any atom is 0.331 e. The molecule has 0 spiro atoms. The van der Waals surface area contributed by atoms with Crippen molar-refractivity contribution < 1.29 is 9.53 Å². The van der Waals surface area contributed by atoms with Crippen LogP contribution in [0.5, 0.6) is 0 Å². The van der Waals surface area contributed by atoms with Gasteiger partial charge in [0.2, 0.25) is 0 Å². The van der Waals surface area contributed by atoms with Gasteiger partial charge in [-0.05, 0) is 37.5 Å². The van der Waals surface area contributed by atoms with E-state index in [4.69, 9.17) is 4.74 Å². The molecule has 0 saturated carbocycles. The molecule has 0 heterocycles. The van der Waals surface area contributed by atoms with Crippen molar-refractivity contribution in [2.45, 2.75) is 46.3 Å². The van der Waals surface area contributed by atoms with Crippen molar-refractivity contribution in [3.05, 3.63) is 48.0 Å². The number of aliphatic imine (C=N–C) groups is 1. The number of nitrogens with zero attached hydrogens (tertiary/aromatic N) is 1. The minimum Gasteiger partial charge on any atom is -0.458 e. The lowest BCUT2D eigenvalue weighted by Gasteiger charge is -2.23. The first-order valence-corrected chi connectivity index (χ1v) is 8.02. The van der Waals surface area contributed by atoms with E-state index in [9.17, 15) is 4.79 Å². The number of benzene rings is 2. The molecule has 0 radical (unpaired) electrons. The van der Waals surface area contributed by atoms with Crippen LogP contribution in [-0.4, -0.2) is 23.8 Å². The largest absolute Gasteiger partial charge is 0.458 e. The highest BCUT2D eigenvalue weighted by atomic mass is 16.6. The lowest BCUT2D eigenvalue weighted by molar-refractivity contribution is -0.157. The van der Waals surface area contributed by atoms with Gasteiger partial charge in [0.05, 0.1) is 0 Å². The molecule has 0 aliphatic rings. The maximum atomic E-state index is 12.3. The van der Waals surface area contributed by atoms with Crippen LogP contribution in [0.1, 0.15) is 40.2 Å². The highest BCUT2D eigenvalue weighted by molar-refractivity contribution is 6.00. The van der Waals surface area contributed by atoms with E-state index in [0.717, 1.165) is 16.3 Å². The molecule has 2 aromatic carbocycles. The van der Waals surface area contributed by atoms with E-state index in [1.54, 1.807) is 6.21 Å². The van der Waals surface area contributed by atoms with Crippen molar-refractivity contribution in [3.8, 4) is 0 Å². The Morgan fingerprint density at radius 1 is 1.09 bits per heavy atom. The Kier molecular flexibility index (Phi) is 5.19. The second-order valence-corrected chi connectivity index (χ2v) is 7.07. The van der Waals surface area contributed by atoms with Gasteiger partial charge in [0.15, 0.2) is 0 Å². The van der Waals surface area contributed by atoms with Gasteiger partial charge in [-0.15, -0.1) is 0 Å². The van der Waals surface area contributed by atoms with Crippen molar-refractivity contribution in [3.63, 3.8) is 0 Å². The molecule has 3 heteroatoms. The quantitative estimate of drug-likeness (QED) is 0.610. The second kappa shape index (κ2) is 6.95. The maximum absolute atomic E-state index is 12.3. The molecular weight excluding hydrogens is 286 g/mol. The molecule has 0 aromatic heterocycles. The molecule has 0 N–H and O–H groups in total. The van der Waals surface area contributed by atoms with Crippen LogP contribution in [0.25, 0.3) is 10.8 Å². The lowest BCUT2D eigenvalue weighted by atomic mass is 10.0. The van der Waals surface area contributed by atoms with Crippen LogP contribution in [0.15, 0.2) is 47.5 Å². The molecule has 0 bridgehead atoms. The van der Waals surface area contributed by atoms with E-state index >= 15 is 0 Å². The van der Waals surface area contributed by atoms with Gasteiger partial charge in [0, 0.05) is 11.8 Å². The Morgan fingerprint density at radius 2 is 1.74 bits per heavy atom. The summed E-state index contributed by atoms with van der Waals surface area (Å²) in [4.78, 5) is 16.9. The van der Waals surface area contributed by atoms with Gasteiger partial charge in [0.1, 0.15) is 11.6 Å². The van der Waals surface area contributed by atoms with Crippen LogP contribution in [0.4, 0.5) is 0 Å². The van der Waals surface area contributed by atoms with Crippen LogP contribution in [0.3, 0.4) is 0 Å². The topological polar surface area (TPSA) is 38.7 Å². The summed E-state index contributed by atoms with van der Waals surface area (Å²) in [7, 11) is 0. The summed E-state index contributed by atoms with van der Waals surface area (Å²) in [6.07, 6.45) is 1.79. The molecule has 0 unspecified atom stereocenters. The molecular formula is C20H25NO2. The Labute approximate surface area is 138 Å². The van der Waals surface area contributed by atoms with E-state index in [2.05, 4.69) is 23.2 Å². The summed E-state index contributed by atoms with van der Waals surface area (Å²) >= 11 is 0. The summed E-state index contributed by atoms with van der Waals surface area (Å²) in [5.41, 5.74) is 0.511. The van der Waals surface area contributed by atoms with Crippen LogP contribution >= 0.6 is 0 Å². The summed E-state index contributed by atoms with van der Waals surface area (Å²) in [5, 5.41) is 2.29. The summed E-state index contributed by atoms with van der Waals surface area (Å²) < 4.78 is 5.48. The van der Waals surface area contributed by atoms with E-state index in [-0.39, 0.29) is 11.9 Å². The summed E-state index contributed by atoms with van der Waals surface area (Å²) in [6.45, 7) is 9.58. The molecule has 2 rings (SSSR count). The lowest BCUT2D eigenvalue weighted by Crippen LogP contribution is -2.33. The summed E-state index contributed by atoms with van der Waals surface area (Å²) in [5.74, 6) is -0.194. The standard InChI is InChI=1S/C20H25NO2/c1-14(2)18(19(22)23-20(3,4)5)21-13-16-11-8-10-15-9-6-7-12-17(15)16/h6-14,18H,1-5H3/t18-/m0/s1. The second-order valence-electron chi connectivity index (χ2n) is 7.07. The van der Waals surface area contributed by atoms with Gasteiger partial charge >= 0.3 is 5.97 Å². The zero-order valence-electron chi connectivity index (χ0n) is 14.5. The van der Waals surface area contributed by atoms with E-state index in [1.807, 2.05) is 58.9 Å². The number of esters is 1. The van der Waals surface area contributed by atoms with E-state index in [0.29, 0.717) is 0 Å². The van der Waals surface area contributed by atoms with Crippen molar-refractivity contribution >= 4 is 23.0 Å². The monoisotopic (exact) mass is 311 g/mol. The smallest absolute Gasteiger partial charge is 0.331 e. The van der Waals surface area contributed by atoms with Crippen LogP contribution in [0, 0.1) is 5.92 Å². The Morgan fingerprint density at radius 3 is 2.39 bits per heavy atom. The predicted octanol–water partition coefficient (Wildman–Crippen LogP) is 4.63. The highest BCUT2D eigenvalue weighted by Gasteiger charge is 2.26. The minimum absolute atomic E-state index is 0.0797. The SMILES string of the molecule is CC(C)[C@H](N=Cc1cccc2ccccc12)C(=O)OC(C)(C)C. The normalized spacial score (nSPS) is 13.7. The molecule has 0 aliphatic heterocycles. The first-order chi connectivity index (χ1) is 10.8. The average Bonchev–Trinajstić information content (AvgIpc) is 2.45. The van der Waals surface area contributed by atoms with Gasteiger partial charge in [-0.1, -0.05) is 56.3 Å². The number of carbonyl (C=O) groups is 1. The number of fused-ring (bicyclic) bond motifs is 1. The Bertz CT molecular complexity index is 706. The molecule has 1 atom stereocenters. The first-order valence-electron chi connectivity index (χ1n) is 8.02. The van der Waals surface area contributed by atoms with Crippen molar-refractivity contribution in [2.75, 3.05) is 0 Å². The highest BCUT2D eigenvalue weighted by Crippen LogP contribution is 2.19. The van der Waals surface area contributed by atoms with Crippen LogP contribution in [-0.2, 0) is 9.53 Å². The van der Waals surface area contributed by atoms with Crippen molar-refractivity contribution in [1.82, 2.24) is 0 Å². The minimum atomic E-state index is -0.501. The Balaban J connectivity index is 2.28. The van der Waals surface area contributed by atoms with E-state index < -0.39 is 11.6 Å². The van der Waals surface area contributed by atoms with Gasteiger partial charge < -0.3 is 4.74 Å². The first kappa shape index (κ1) is 17.2. The fraction of sp³-hybridized carbons (Fsp3) is 0.400. The third kappa shape index (κ3) is 4.65. The summed E-state index contributed by atoms with van der Waals surface area (Å²) in [6, 6.07) is 13.7. The molecule has 0 fully saturated rings. The van der Waals surface area contributed by atoms with Crippen LogP contribution < -0.4 is 0 Å². The molecule has 0 aliphatic carbocycles. The number of hydrogen-bond donors (Lipinski definition) is 0. The van der Waals surface area contributed by atoms with Gasteiger partial charge in [0.25, 0.3) is 0 Å². The molecule has 0 amide bonds. The van der Waals surface area contributed by atoms with Crippen molar-refractivity contribution in [2.24, 2.45) is 10.9 Å². The van der Waals surface area contributed by atoms with Gasteiger partial charge in [-0.25, -0.2) is 4.79 Å². The van der Waals surface area contributed by atoms with E-state index in [1.165, 1.54) is 0 Å². The zero-order chi connectivity index (χ0) is 17.0. The average molecular weight is 311 g/mol. The van der Waals surface area contributed by atoms with Gasteiger partial charge in [-0.2, -0.15) is 0 Å². The number of rotatable bonds is 4.